The fourth-order valence-electron chi connectivity index (χ4n) is 2.61. The molecule has 0 aliphatic heterocycles. The molecular formula is C22H26CdO4. The van der Waals surface area contributed by atoms with E-state index in [9.17, 15) is 19.8 Å². The average Bonchev–Trinajstić information content (AvgIpc) is 2.65. The molecule has 27 heavy (non-hydrogen) atoms. The van der Waals surface area contributed by atoms with Crippen LogP contribution in [0.3, 0.4) is 0 Å². The second-order valence-corrected chi connectivity index (χ2v) is 6.10. The molecule has 2 aromatic rings. The van der Waals surface area contributed by atoms with Crippen LogP contribution in [0.25, 0.3) is 0 Å². The maximum Gasteiger partial charge on any atom is 2.00 e. The Morgan fingerprint density at radius 2 is 1.04 bits per heavy atom. The quantitative estimate of drug-likeness (QED) is 0.560. The van der Waals surface area contributed by atoms with Crippen LogP contribution < -0.4 is 10.2 Å². The van der Waals surface area contributed by atoms with Crippen molar-refractivity contribution in [2.24, 2.45) is 0 Å². The summed E-state index contributed by atoms with van der Waals surface area (Å²) >= 11 is 0. The molecular weight excluding hydrogens is 441 g/mol. The molecule has 4 nitrogen and oxygen atoms in total. The molecule has 0 amide bonds. The molecule has 0 aromatic heterocycles. The van der Waals surface area contributed by atoms with Crippen LogP contribution in [-0.4, -0.2) is 11.9 Å². The molecule has 0 spiro atoms. The van der Waals surface area contributed by atoms with E-state index in [0.29, 0.717) is 11.1 Å². The van der Waals surface area contributed by atoms with E-state index in [1.807, 2.05) is 24.3 Å². The molecule has 0 aliphatic carbocycles. The molecule has 0 radical (unpaired) electrons. The minimum atomic E-state index is -1.08. The maximum absolute atomic E-state index is 10.7. The smallest absolute Gasteiger partial charge is 0.545 e. The zero-order chi connectivity index (χ0) is 19.4. The van der Waals surface area contributed by atoms with Gasteiger partial charge in [-0.25, -0.2) is 0 Å². The van der Waals surface area contributed by atoms with E-state index >= 15 is 0 Å². The van der Waals surface area contributed by atoms with Gasteiger partial charge >= 0.3 is 27.3 Å². The van der Waals surface area contributed by atoms with Crippen LogP contribution >= 0.6 is 0 Å². The number of unbranched alkanes of at least 4 members (excludes halogenated alkanes) is 2. The number of hydrogen-bond donors (Lipinski definition) is 0. The van der Waals surface area contributed by atoms with Crippen molar-refractivity contribution in [2.45, 2.75) is 52.4 Å². The summed E-state index contributed by atoms with van der Waals surface area (Å²) in [5, 5.41) is 21.3. The van der Waals surface area contributed by atoms with Gasteiger partial charge in [-0.1, -0.05) is 75.2 Å². The first-order chi connectivity index (χ1) is 12.5. The second-order valence-electron chi connectivity index (χ2n) is 6.10. The molecule has 2 rings (SSSR count). The number of hydrogen-bond acceptors (Lipinski definition) is 4. The first kappa shape index (κ1) is 25.3. The van der Waals surface area contributed by atoms with Crippen molar-refractivity contribution < 1.29 is 47.1 Å². The monoisotopic (exact) mass is 468 g/mol. The Hall–Kier alpha value is -1.70. The Morgan fingerprint density at radius 1 is 0.704 bits per heavy atom. The van der Waals surface area contributed by atoms with E-state index in [-0.39, 0.29) is 27.3 Å². The van der Waals surface area contributed by atoms with Crippen LogP contribution in [0.1, 0.15) is 71.4 Å². The van der Waals surface area contributed by atoms with Gasteiger partial charge in [0.25, 0.3) is 0 Å². The van der Waals surface area contributed by atoms with Crippen LogP contribution in [0.15, 0.2) is 48.5 Å². The number of carboxylic acids is 2. The van der Waals surface area contributed by atoms with Gasteiger partial charge in [-0.2, -0.15) is 0 Å². The predicted molar refractivity (Wildman–Crippen MR) is 98.8 cm³/mol. The van der Waals surface area contributed by atoms with Crippen LogP contribution in [0, 0.1) is 0 Å². The van der Waals surface area contributed by atoms with Crippen molar-refractivity contribution in [3.63, 3.8) is 0 Å². The Bertz CT molecular complexity index is 651. The summed E-state index contributed by atoms with van der Waals surface area (Å²) in [5.41, 5.74) is 2.42. The number of aromatic carboxylic acids is 2. The Kier molecular flexibility index (Phi) is 13.5. The summed E-state index contributed by atoms with van der Waals surface area (Å²) in [5.74, 6) is -2.15. The number of aryl methyl sites for hydroxylation is 2. The van der Waals surface area contributed by atoms with Gasteiger partial charge in [-0.15, -0.1) is 0 Å². The third-order valence-corrected chi connectivity index (χ3v) is 4.07. The fourth-order valence-corrected chi connectivity index (χ4v) is 2.61. The van der Waals surface area contributed by atoms with Gasteiger partial charge in [0.05, 0.1) is 11.9 Å². The van der Waals surface area contributed by atoms with Crippen molar-refractivity contribution in [3.8, 4) is 0 Å². The molecule has 0 N–H and O–H groups in total. The van der Waals surface area contributed by atoms with Gasteiger partial charge in [-0.05, 0) is 36.8 Å². The van der Waals surface area contributed by atoms with E-state index < -0.39 is 11.9 Å². The zero-order valence-corrected chi connectivity index (χ0v) is 20.2. The summed E-state index contributed by atoms with van der Waals surface area (Å²) in [6.07, 6.45) is 5.82. The molecule has 0 aliphatic rings. The summed E-state index contributed by atoms with van der Waals surface area (Å²) in [7, 11) is 0. The average molecular weight is 467 g/mol. The first-order valence-electron chi connectivity index (χ1n) is 9.09. The largest absolute Gasteiger partial charge is 2.00 e. The fraction of sp³-hybridized carbons (Fsp3) is 0.364. The number of benzene rings is 2. The molecule has 0 bridgehead atoms. The van der Waals surface area contributed by atoms with E-state index in [1.165, 1.54) is 0 Å². The third-order valence-electron chi connectivity index (χ3n) is 4.07. The summed E-state index contributed by atoms with van der Waals surface area (Å²) in [4.78, 5) is 21.3. The van der Waals surface area contributed by atoms with Crippen LogP contribution in [0.4, 0.5) is 0 Å². The van der Waals surface area contributed by atoms with E-state index in [2.05, 4.69) is 13.8 Å². The van der Waals surface area contributed by atoms with Crippen LogP contribution in [-0.2, 0) is 40.1 Å². The topological polar surface area (TPSA) is 80.3 Å². The molecule has 0 heterocycles. The second kappa shape index (κ2) is 14.4. The van der Waals surface area contributed by atoms with Gasteiger partial charge in [0, 0.05) is 11.1 Å². The number of carbonyl (C=O) groups is 2. The van der Waals surface area contributed by atoms with Crippen molar-refractivity contribution in [2.75, 3.05) is 0 Å². The Morgan fingerprint density at radius 3 is 1.33 bits per heavy atom. The molecule has 0 saturated heterocycles. The van der Waals surface area contributed by atoms with E-state index in [1.54, 1.807) is 24.3 Å². The van der Waals surface area contributed by atoms with Crippen molar-refractivity contribution in [1.29, 1.82) is 0 Å². The van der Waals surface area contributed by atoms with Crippen LogP contribution in [0.2, 0.25) is 0 Å². The van der Waals surface area contributed by atoms with Crippen molar-refractivity contribution in [3.05, 3.63) is 70.8 Å². The number of carbonyl (C=O) groups excluding carboxylic acids is 2. The number of carboxylic acid groups (broad SMARTS) is 2. The van der Waals surface area contributed by atoms with Crippen molar-refractivity contribution >= 4 is 11.9 Å². The number of rotatable bonds is 8. The Labute approximate surface area is 181 Å². The minimum absolute atomic E-state index is 0. The minimum Gasteiger partial charge on any atom is -0.545 e. The van der Waals surface area contributed by atoms with Gasteiger partial charge < -0.3 is 19.8 Å². The zero-order valence-electron chi connectivity index (χ0n) is 16.2. The summed E-state index contributed by atoms with van der Waals surface area (Å²) < 4.78 is 0. The maximum atomic E-state index is 10.7. The normalized spacial score (nSPS) is 9.56. The Balaban J connectivity index is 0.000000483. The molecule has 2 aromatic carbocycles. The molecule has 0 atom stereocenters. The SMILES string of the molecule is CCCCc1ccccc1C(=O)[O-].CCCCc1ccccc1C(=O)[O-].[Cd+2]. The first-order valence-corrected chi connectivity index (χ1v) is 9.09. The molecule has 0 fully saturated rings. The summed E-state index contributed by atoms with van der Waals surface area (Å²) in [6.45, 7) is 4.17. The van der Waals surface area contributed by atoms with Gasteiger partial charge in [0.1, 0.15) is 0 Å². The summed E-state index contributed by atoms with van der Waals surface area (Å²) in [6, 6.07) is 14.1. The van der Waals surface area contributed by atoms with Gasteiger partial charge in [0.2, 0.25) is 0 Å². The molecule has 5 heteroatoms. The van der Waals surface area contributed by atoms with E-state index in [0.717, 1.165) is 49.7 Å². The molecule has 0 saturated carbocycles. The van der Waals surface area contributed by atoms with E-state index in [4.69, 9.17) is 0 Å². The van der Waals surface area contributed by atoms with Gasteiger partial charge in [-0.3, -0.25) is 0 Å². The molecule has 0 unspecified atom stereocenters. The predicted octanol–water partition coefficient (Wildman–Crippen LogP) is 2.78. The van der Waals surface area contributed by atoms with Gasteiger partial charge in [0.15, 0.2) is 0 Å². The standard InChI is InChI=1S/2C11H14O2.Cd/c2*1-2-3-6-9-7-4-5-8-10(9)11(12)13;/h2*4-5,7-8H,2-3,6H2,1H3,(H,12,13);/q;;+2/p-2. The van der Waals surface area contributed by atoms with Crippen molar-refractivity contribution in [1.82, 2.24) is 0 Å². The molecule has 140 valence electrons. The van der Waals surface area contributed by atoms with Crippen LogP contribution in [0.5, 0.6) is 0 Å². The third kappa shape index (κ3) is 9.17.